The number of nitrogens with two attached hydrogens (primary N) is 2. The zero-order chi connectivity index (χ0) is 25.3. The number of benzene rings is 1. The van der Waals surface area contributed by atoms with E-state index in [2.05, 4.69) is 20.6 Å². The van der Waals surface area contributed by atoms with Gasteiger partial charge < -0.3 is 21.3 Å². The molecule has 15 heteroatoms. The maximum absolute atomic E-state index is 14.1. The molecular weight excluding hydrogens is 470 g/mol. The van der Waals surface area contributed by atoms with Crippen LogP contribution in [0.15, 0.2) is 23.2 Å². The maximum Gasteiger partial charge on any atom is 0.343 e. The van der Waals surface area contributed by atoms with Crippen LogP contribution in [0.25, 0.3) is 0 Å². The number of likely N-dealkylation sites (tertiary alicyclic amines) is 1. The van der Waals surface area contributed by atoms with E-state index in [9.17, 15) is 33.4 Å². The first kappa shape index (κ1) is 22.9. The van der Waals surface area contributed by atoms with E-state index in [0.717, 1.165) is 17.0 Å². The van der Waals surface area contributed by atoms with Crippen LogP contribution >= 0.6 is 0 Å². The molecule has 0 aromatic heterocycles. The third-order valence-electron chi connectivity index (χ3n) is 6.89. The lowest BCUT2D eigenvalue weighted by Gasteiger charge is -2.46. The van der Waals surface area contributed by atoms with Gasteiger partial charge >= 0.3 is 5.96 Å². The number of aliphatic imine (C=N–C) groups is 1. The van der Waals surface area contributed by atoms with Crippen LogP contribution in [0.3, 0.4) is 0 Å². The minimum Gasteiger partial charge on any atom is -0.370 e. The second-order valence-corrected chi connectivity index (χ2v) is 8.87. The molecule has 4 atom stereocenters. The third-order valence-corrected chi connectivity index (χ3v) is 6.89. The molecule has 186 valence electrons. The van der Waals surface area contributed by atoms with Crippen LogP contribution in [0, 0.1) is 11.6 Å². The van der Waals surface area contributed by atoms with Crippen molar-refractivity contribution in [3.63, 3.8) is 0 Å². The molecule has 4 aliphatic heterocycles. The number of rotatable bonds is 4. The Balaban J connectivity index is 1.48. The largest absolute Gasteiger partial charge is 0.370 e. The van der Waals surface area contributed by atoms with Crippen molar-refractivity contribution in [1.82, 2.24) is 20.4 Å². The van der Waals surface area contributed by atoms with Gasteiger partial charge in [-0.1, -0.05) is 0 Å². The Kier molecular flexibility index (Phi) is 4.96. The number of carbonyl (C=O) groups excluding carboxylic acids is 3. The van der Waals surface area contributed by atoms with E-state index in [4.69, 9.17) is 11.5 Å². The number of halogens is 2. The van der Waals surface area contributed by atoms with Gasteiger partial charge in [-0.3, -0.25) is 34.9 Å². The molecule has 5 rings (SSSR count). The Bertz CT molecular complexity index is 1190. The van der Waals surface area contributed by atoms with Crippen LogP contribution in [0.5, 0.6) is 0 Å². The number of nitrogens with one attached hydrogen (secondary N) is 3. The summed E-state index contributed by atoms with van der Waals surface area (Å²) in [6, 6.07) is -1.12. The Morgan fingerprint density at radius 3 is 2.63 bits per heavy atom. The summed E-state index contributed by atoms with van der Waals surface area (Å²) in [4.78, 5) is 46.5. The number of hydrogen-bond donors (Lipinski definition) is 7. The molecular formula is C20H23F2N8O5+. The lowest BCUT2D eigenvalue weighted by atomic mass is 9.84. The van der Waals surface area contributed by atoms with Gasteiger partial charge in [-0.25, -0.2) is 19.1 Å². The summed E-state index contributed by atoms with van der Waals surface area (Å²) >= 11 is 0. The van der Waals surface area contributed by atoms with Crippen LogP contribution in [-0.2, 0) is 9.59 Å². The molecule has 0 unspecified atom stereocenters. The second kappa shape index (κ2) is 7.58. The number of amides is 3. The van der Waals surface area contributed by atoms with E-state index in [1.165, 1.54) is 4.90 Å². The van der Waals surface area contributed by atoms with Crippen molar-refractivity contribution in [2.45, 2.75) is 42.4 Å². The number of aliphatic hydroxyl groups is 2. The second-order valence-electron chi connectivity index (χ2n) is 8.87. The van der Waals surface area contributed by atoms with Gasteiger partial charge in [-0.2, -0.15) is 0 Å². The summed E-state index contributed by atoms with van der Waals surface area (Å²) in [5.41, 5.74) is 9.58. The Labute approximate surface area is 196 Å². The van der Waals surface area contributed by atoms with Gasteiger partial charge in [0, 0.05) is 12.8 Å². The van der Waals surface area contributed by atoms with Crippen molar-refractivity contribution in [3.8, 4) is 0 Å². The molecule has 2 fully saturated rings. The van der Waals surface area contributed by atoms with Crippen molar-refractivity contribution < 1.29 is 38.4 Å². The monoisotopic (exact) mass is 493 g/mol. The molecule has 35 heavy (non-hydrogen) atoms. The van der Waals surface area contributed by atoms with E-state index in [-0.39, 0.29) is 37.9 Å². The van der Waals surface area contributed by atoms with Crippen LogP contribution in [-0.4, -0.2) is 92.3 Å². The number of carbonyl (C=O) groups is 3. The van der Waals surface area contributed by atoms with E-state index >= 15 is 0 Å². The predicted molar refractivity (Wildman–Crippen MR) is 113 cm³/mol. The zero-order valence-corrected chi connectivity index (χ0v) is 18.2. The van der Waals surface area contributed by atoms with Crippen molar-refractivity contribution >= 4 is 29.6 Å². The lowest BCUT2D eigenvalue weighted by molar-refractivity contribution is -0.521. The topological polar surface area (TPSA) is 201 Å². The molecule has 0 aliphatic carbocycles. The first-order chi connectivity index (χ1) is 16.5. The van der Waals surface area contributed by atoms with Crippen molar-refractivity contribution in [1.29, 1.82) is 0 Å². The number of guanidine groups is 2. The fourth-order valence-corrected chi connectivity index (χ4v) is 5.24. The van der Waals surface area contributed by atoms with E-state index < -0.39 is 64.5 Å². The van der Waals surface area contributed by atoms with E-state index in [1.807, 2.05) is 0 Å². The third kappa shape index (κ3) is 3.22. The minimum absolute atomic E-state index is 0.0569. The average molecular weight is 493 g/mol. The number of hydrogen-bond acceptors (Lipinski definition) is 10. The molecule has 1 aromatic rings. The van der Waals surface area contributed by atoms with Crippen molar-refractivity contribution in [2.24, 2.45) is 16.5 Å². The Morgan fingerprint density at radius 1 is 1.26 bits per heavy atom. The molecule has 9 N–H and O–H groups in total. The molecule has 0 bridgehead atoms. The van der Waals surface area contributed by atoms with Gasteiger partial charge in [-0.05, 0) is 18.2 Å². The maximum atomic E-state index is 14.1. The summed E-state index contributed by atoms with van der Waals surface area (Å²) in [5, 5.41) is 27.8. The highest BCUT2D eigenvalue weighted by molar-refractivity contribution is 6.02. The van der Waals surface area contributed by atoms with Gasteiger partial charge in [0.25, 0.3) is 11.6 Å². The van der Waals surface area contributed by atoms with E-state index in [0.29, 0.717) is 6.07 Å². The van der Waals surface area contributed by atoms with Gasteiger partial charge in [0.1, 0.15) is 23.7 Å². The highest BCUT2D eigenvalue weighted by Crippen LogP contribution is 2.41. The SMILES string of the molecule is NC1=N[C@@H](CN2C(=O)CCC2=O)[C@@H]2[NH+]=C(N)N[C@]23N1C[C@H](NC(=O)c1cc(F)ccc1F)C3(O)O. The summed E-state index contributed by atoms with van der Waals surface area (Å²) in [6.07, 6.45) is 0.114. The molecule has 1 aromatic carbocycles. The summed E-state index contributed by atoms with van der Waals surface area (Å²) < 4.78 is 27.7. The smallest absolute Gasteiger partial charge is 0.343 e. The van der Waals surface area contributed by atoms with Gasteiger partial charge in [0.05, 0.1) is 18.7 Å². The van der Waals surface area contributed by atoms with Crippen LogP contribution in [0.2, 0.25) is 0 Å². The van der Waals surface area contributed by atoms with Crippen LogP contribution < -0.4 is 27.1 Å². The zero-order valence-electron chi connectivity index (χ0n) is 18.2. The highest BCUT2D eigenvalue weighted by atomic mass is 19.1. The quantitative estimate of drug-likeness (QED) is 0.158. The van der Waals surface area contributed by atoms with Gasteiger partial charge in [0.15, 0.2) is 12.0 Å². The summed E-state index contributed by atoms with van der Waals surface area (Å²) in [5.74, 6) is -6.75. The molecule has 0 radical (unpaired) electrons. The summed E-state index contributed by atoms with van der Waals surface area (Å²) in [6.45, 7) is -0.486. The normalized spacial score (nSPS) is 31.0. The van der Waals surface area contributed by atoms with Crippen molar-refractivity contribution in [3.05, 3.63) is 35.4 Å². The molecule has 3 amide bonds. The molecule has 13 nitrogen and oxygen atoms in total. The highest BCUT2D eigenvalue weighted by Gasteiger charge is 2.76. The Morgan fingerprint density at radius 2 is 1.94 bits per heavy atom. The van der Waals surface area contributed by atoms with Crippen LogP contribution in [0.1, 0.15) is 23.2 Å². The minimum atomic E-state index is -2.79. The standard InChI is InChI=1S/C20H22F2N8O5/c21-8-1-2-10(22)9(5-8)16(33)26-12-7-30-18(24)25-11(6-29-13(31)3-4-14(29)32)15-19(30,20(12,34)35)28-17(23)27-15/h1-2,5,11-12,15,34-35H,3-4,6-7H2,(H2,24,25)(H,26,33)(H3,23,27,28)/p+1/t11-,12-,15-,19-/m0/s1. The molecule has 0 saturated carbocycles. The van der Waals surface area contributed by atoms with Gasteiger partial charge in [-0.15, -0.1) is 0 Å². The fourth-order valence-electron chi connectivity index (χ4n) is 5.24. The number of imide groups is 1. The Hall–Kier alpha value is -3.85. The fraction of sp³-hybridized carbons (Fsp3) is 0.450. The molecule has 4 aliphatic rings. The first-order valence-corrected chi connectivity index (χ1v) is 10.8. The van der Waals surface area contributed by atoms with Crippen molar-refractivity contribution in [2.75, 3.05) is 13.1 Å². The van der Waals surface area contributed by atoms with E-state index in [1.54, 1.807) is 0 Å². The predicted octanol–water partition coefficient (Wildman–Crippen LogP) is -5.03. The molecule has 1 spiro atoms. The lowest BCUT2D eigenvalue weighted by Crippen LogP contribution is -2.90. The van der Waals surface area contributed by atoms with Gasteiger partial charge in [0.2, 0.25) is 17.6 Å². The number of nitrogens with zero attached hydrogens (tertiary/aromatic N) is 3. The molecule has 2 saturated heterocycles. The molecule has 4 heterocycles. The summed E-state index contributed by atoms with van der Waals surface area (Å²) in [7, 11) is 0. The average Bonchev–Trinajstić information content (AvgIpc) is 3.38. The van der Waals surface area contributed by atoms with Crippen LogP contribution in [0.4, 0.5) is 8.78 Å². The first-order valence-electron chi connectivity index (χ1n) is 10.8.